The van der Waals surface area contributed by atoms with Gasteiger partial charge in [-0.2, -0.15) is 0 Å². The molecule has 0 heteroatoms. The molecular weight excluding hydrogens is 216 g/mol. The van der Waals surface area contributed by atoms with Crippen molar-refractivity contribution in [1.29, 1.82) is 0 Å². The van der Waals surface area contributed by atoms with Gasteiger partial charge in [0, 0.05) is 12.8 Å². The van der Waals surface area contributed by atoms with Crippen molar-refractivity contribution < 1.29 is 0 Å². The van der Waals surface area contributed by atoms with Crippen LogP contribution in [0.1, 0.15) is 79.1 Å². The van der Waals surface area contributed by atoms with Crippen LogP contribution in [-0.4, -0.2) is 0 Å². The molecule has 102 valence electrons. The lowest BCUT2D eigenvalue weighted by molar-refractivity contribution is 0.396. The largest absolute Gasteiger partial charge is 0.107 e. The van der Waals surface area contributed by atoms with Crippen molar-refractivity contribution in [3.05, 3.63) is 0 Å². The molecule has 0 radical (unpaired) electrons. The van der Waals surface area contributed by atoms with E-state index < -0.39 is 0 Å². The third-order valence-corrected chi connectivity index (χ3v) is 3.51. The average Bonchev–Trinajstić information content (AvgIpc) is 2.36. The van der Waals surface area contributed by atoms with E-state index in [2.05, 4.69) is 37.5 Å². The second kappa shape index (κ2) is 12.6. The molecule has 18 heavy (non-hydrogen) atoms. The molecule has 0 bridgehead atoms. The van der Waals surface area contributed by atoms with E-state index >= 15 is 0 Å². The Kier molecular flexibility index (Phi) is 12.0. The maximum atomic E-state index is 3.24. The van der Waals surface area contributed by atoms with Gasteiger partial charge in [0.2, 0.25) is 0 Å². The molecule has 0 N–H and O–H groups in total. The minimum absolute atomic E-state index is 0.824. The molecule has 0 aliphatic rings. The fraction of sp³-hybridized carbons (Fsp3) is 0.778. The Balaban J connectivity index is 3.73. The molecule has 0 aromatic rings. The maximum absolute atomic E-state index is 3.24. The summed E-state index contributed by atoms with van der Waals surface area (Å²) in [5.41, 5.74) is 0. The first-order chi connectivity index (χ1) is 8.74. The Labute approximate surface area is 115 Å². The van der Waals surface area contributed by atoms with Gasteiger partial charge in [0.25, 0.3) is 0 Å². The molecule has 0 rings (SSSR count). The van der Waals surface area contributed by atoms with Crippen LogP contribution in [0.4, 0.5) is 0 Å². The summed E-state index contributed by atoms with van der Waals surface area (Å²) in [5.74, 6) is 14.0. The first kappa shape index (κ1) is 17.1. The second-order valence-corrected chi connectivity index (χ2v) is 5.29. The van der Waals surface area contributed by atoms with Crippen molar-refractivity contribution in [2.24, 2.45) is 11.8 Å². The molecule has 0 spiro atoms. The van der Waals surface area contributed by atoms with Crippen LogP contribution >= 0.6 is 0 Å². The lowest BCUT2D eigenvalue weighted by Gasteiger charge is -2.15. The van der Waals surface area contributed by atoms with Crippen molar-refractivity contribution in [2.75, 3.05) is 0 Å². The van der Waals surface area contributed by atoms with Crippen molar-refractivity contribution >= 4 is 0 Å². The summed E-state index contributed by atoms with van der Waals surface area (Å²) in [6.45, 7) is 8.51. The normalized spacial score (nSPS) is 12.9. The monoisotopic (exact) mass is 246 g/mol. The molecule has 0 saturated heterocycles. The molecular formula is C18H30. The van der Waals surface area contributed by atoms with E-state index in [-0.39, 0.29) is 0 Å². The first-order valence-electron chi connectivity index (χ1n) is 7.53. The van der Waals surface area contributed by atoms with Gasteiger partial charge in [-0.15, -0.1) is 23.7 Å². The fourth-order valence-electron chi connectivity index (χ4n) is 2.35. The lowest BCUT2D eigenvalue weighted by atomic mass is 9.91. The van der Waals surface area contributed by atoms with E-state index in [0.717, 1.165) is 24.7 Å². The number of hydrogen-bond donors (Lipinski definition) is 0. The van der Waals surface area contributed by atoms with Gasteiger partial charge < -0.3 is 0 Å². The first-order valence-corrected chi connectivity index (χ1v) is 7.53. The van der Waals surface area contributed by atoms with Crippen molar-refractivity contribution in [1.82, 2.24) is 0 Å². The quantitative estimate of drug-likeness (QED) is 0.476. The Hall–Kier alpha value is -0.880. The Morgan fingerprint density at radius 3 is 2.22 bits per heavy atom. The number of rotatable bonds is 9. The predicted molar refractivity (Wildman–Crippen MR) is 82.2 cm³/mol. The smallest absolute Gasteiger partial charge is 0.0117 e. The summed E-state index contributed by atoms with van der Waals surface area (Å²) in [6.07, 6.45) is 10.1. The van der Waals surface area contributed by atoms with Gasteiger partial charge >= 0.3 is 0 Å². The SMILES string of the molecule is CC#CCCC(C)CCCC(CC#CC)CCC. The van der Waals surface area contributed by atoms with Crippen LogP contribution < -0.4 is 0 Å². The van der Waals surface area contributed by atoms with Crippen LogP contribution in [0.2, 0.25) is 0 Å². The molecule has 0 nitrogen and oxygen atoms in total. The van der Waals surface area contributed by atoms with Crippen molar-refractivity contribution in [2.45, 2.75) is 79.1 Å². The molecule has 0 aliphatic heterocycles. The van der Waals surface area contributed by atoms with Gasteiger partial charge in [-0.25, -0.2) is 0 Å². The molecule has 0 aromatic carbocycles. The lowest BCUT2D eigenvalue weighted by Crippen LogP contribution is -2.01. The molecule has 2 atom stereocenters. The molecule has 0 fully saturated rings. The zero-order chi connectivity index (χ0) is 13.6. The fourth-order valence-corrected chi connectivity index (χ4v) is 2.35. The highest BCUT2D eigenvalue weighted by atomic mass is 14.1. The van der Waals surface area contributed by atoms with E-state index in [9.17, 15) is 0 Å². The summed E-state index contributed by atoms with van der Waals surface area (Å²) >= 11 is 0. The standard InChI is InChI=1S/C18H30/c1-5-8-10-13-17(4)14-11-16-18(12-7-3)15-9-6-2/h17-18H,7,10-16H2,1-4H3. The summed E-state index contributed by atoms with van der Waals surface area (Å²) in [5, 5.41) is 0. The number of hydrogen-bond acceptors (Lipinski definition) is 0. The summed E-state index contributed by atoms with van der Waals surface area (Å²) < 4.78 is 0. The zero-order valence-electron chi connectivity index (χ0n) is 12.8. The molecule has 0 saturated carbocycles. The molecule has 2 unspecified atom stereocenters. The van der Waals surface area contributed by atoms with Crippen LogP contribution in [0, 0.1) is 35.5 Å². The van der Waals surface area contributed by atoms with Gasteiger partial charge in [-0.1, -0.05) is 33.1 Å². The third kappa shape index (κ3) is 10.3. The Morgan fingerprint density at radius 2 is 1.61 bits per heavy atom. The molecule has 0 aromatic heterocycles. The van der Waals surface area contributed by atoms with Gasteiger partial charge in [0.1, 0.15) is 0 Å². The minimum atomic E-state index is 0.824. The van der Waals surface area contributed by atoms with Crippen LogP contribution in [0.15, 0.2) is 0 Å². The highest BCUT2D eigenvalue weighted by Gasteiger charge is 2.07. The van der Waals surface area contributed by atoms with Gasteiger partial charge in [-0.05, 0) is 44.9 Å². The van der Waals surface area contributed by atoms with E-state index in [0.29, 0.717) is 0 Å². The van der Waals surface area contributed by atoms with Crippen molar-refractivity contribution in [3.63, 3.8) is 0 Å². The van der Waals surface area contributed by atoms with E-state index in [1.54, 1.807) is 0 Å². The highest BCUT2D eigenvalue weighted by Crippen LogP contribution is 2.21. The Morgan fingerprint density at radius 1 is 0.889 bits per heavy atom. The van der Waals surface area contributed by atoms with Crippen LogP contribution in [-0.2, 0) is 0 Å². The summed E-state index contributed by atoms with van der Waals surface area (Å²) in [4.78, 5) is 0. The maximum Gasteiger partial charge on any atom is 0.0117 e. The van der Waals surface area contributed by atoms with E-state index in [1.165, 1.54) is 38.5 Å². The van der Waals surface area contributed by atoms with Gasteiger partial charge in [0.15, 0.2) is 0 Å². The third-order valence-electron chi connectivity index (χ3n) is 3.51. The molecule has 0 heterocycles. The van der Waals surface area contributed by atoms with Crippen LogP contribution in [0.5, 0.6) is 0 Å². The Bertz CT molecular complexity index is 291. The van der Waals surface area contributed by atoms with Crippen molar-refractivity contribution in [3.8, 4) is 23.7 Å². The summed E-state index contributed by atoms with van der Waals surface area (Å²) in [6, 6.07) is 0. The predicted octanol–water partition coefficient (Wildman–Crippen LogP) is 5.43. The van der Waals surface area contributed by atoms with E-state index in [4.69, 9.17) is 0 Å². The zero-order valence-corrected chi connectivity index (χ0v) is 12.8. The molecule has 0 aliphatic carbocycles. The second-order valence-electron chi connectivity index (χ2n) is 5.29. The molecule has 0 amide bonds. The van der Waals surface area contributed by atoms with E-state index in [1.807, 2.05) is 13.8 Å². The van der Waals surface area contributed by atoms with Gasteiger partial charge in [-0.3, -0.25) is 0 Å². The topological polar surface area (TPSA) is 0 Å². The van der Waals surface area contributed by atoms with Crippen LogP contribution in [0.3, 0.4) is 0 Å². The average molecular weight is 246 g/mol. The van der Waals surface area contributed by atoms with Gasteiger partial charge in [0.05, 0.1) is 0 Å². The van der Waals surface area contributed by atoms with Crippen LogP contribution in [0.25, 0.3) is 0 Å². The highest BCUT2D eigenvalue weighted by molar-refractivity contribution is 4.96. The summed E-state index contributed by atoms with van der Waals surface area (Å²) in [7, 11) is 0. The minimum Gasteiger partial charge on any atom is -0.107 e.